The van der Waals surface area contributed by atoms with Crippen molar-refractivity contribution >= 4 is 43.6 Å². The summed E-state index contributed by atoms with van der Waals surface area (Å²) in [7, 11) is 0. The second kappa shape index (κ2) is 16.0. The molecular formula is C61H41F3N4. The third-order valence-electron chi connectivity index (χ3n) is 13.4. The maximum Gasteiger partial charge on any atom is 0.416 e. The highest BCUT2D eigenvalue weighted by Gasteiger charge is 2.31. The smallest absolute Gasteiger partial charge is 0.309 e. The van der Waals surface area contributed by atoms with Crippen LogP contribution in [0, 0.1) is 50.4 Å². The third-order valence-corrected chi connectivity index (χ3v) is 13.4. The van der Waals surface area contributed by atoms with Crippen LogP contribution in [0.3, 0.4) is 0 Å². The number of nitriles is 2. The van der Waals surface area contributed by atoms with Gasteiger partial charge in [-0.25, -0.2) is 0 Å². The molecule has 11 aromatic rings. The number of benzene rings is 9. The van der Waals surface area contributed by atoms with Gasteiger partial charge in [-0.2, -0.15) is 23.7 Å². The van der Waals surface area contributed by atoms with Crippen molar-refractivity contribution in [2.45, 2.75) is 33.9 Å². The summed E-state index contributed by atoms with van der Waals surface area (Å²) in [6.45, 7) is 8.45. The van der Waals surface area contributed by atoms with Crippen LogP contribution in [0.25, 0.3) is 99.5 Å². The van der Waals surface area contributed by atoms with E-state index >= 15 is 0 Å². The lowest BCUT2D eigenvalue weighted by Gasteiger charge is -2.21. The first-order valence-corrected chi connectivity index (χ1v) is 22.4. The molecule has 0 saturated carbocycles. The highest BCUT2D eigenvalue weighted by Crippen LogP contribution is 2.45. The first kappa shape index (κ1) is 42.0. The number of rotatable bonds is 6. The van der Waals surface area contributed by atoms with E-state index in [1.165, 1.54) is 28.3 Å². The maximum atomic E-state index is 14.0. The van der Waals surface area contributed by atoms with E-state index in [4.69, 9.17) is 0 Å². The lowest BCUT2D eigenvalue weighted by atomic mass is 9.91. The van der Waals surface area contributed by atoms with E-state index in [9.17, 15) is 23.7 Å². The van der Waals surface area contributed by atoms with Crippen molar-refractivity contribution in [3.05, 3.63) is 215 Å². The lowest BCUT2D eigenvalue weighted by molar-refractivity contribution is -0.137. The van der Waals surface area contributed by atoms with Gasteiger partial charge in [-0.1, -0.05) is 114 Å². The summed E-state index contributed by atoms with van der Waals surface area (Å²) < 4.78 is 46.5. The summed E-state index contributed by atoms with van der Waals surface area (Å²) in [6, 6.07) is 61.9. The van der Waals surface area contributed by atoms with Crippen LogP contribution in [-0.2, 0) is 6.18 Å². The Hall–Kier alpha value is -8.65. The highest BCUT2D eigenvalue weighted by atomic mass is 19.4. The molecule has 0 saturated heterocycles. The van der Waals surface area contributed by atoms with E-state index in [2.05, 4.69) is 140 Å². The van der Waals surface area contributed by atoms with Crippen LogP contribution in [0.15, 0.2) is 176 Å². The average molecular weight is 887 g/mol. The molecule has 0 aliphatic rings. The molecule has 68 heavy (non-hydrogen) atoms. The predicted molar refractivity (Wildman–Crippen MR) is 270 cm³/mol. The molecule has 0 atom stereocenters. The monoisotopic (exact) mass is 886 g/mol. The van der Waals surface area contributed by atoms with Gasteiger partial charge in [-0.3, -0.25) is 0 Å². The molecule has 9 aromatic carbocycles. The third kappa shape index (κ3) is 6.82. The zero-order valence-corrected chi connectivity index (χ0v) is 37.7. The summed E-state index contributed by atoms with van der Waals surface area (Å²) in [4.78, 5) is 0. The molecule has 0 fully saturated rings. The minimum Gasteiger partial charge on any atom is -0.309 e. The summed E-state index contributed by atoms with van der Waals surface area (Å²) in [5.41, 5.74) is 16.1. The van der Waals surface area contributed by atoms with Crippen molar-refractivity contribution in [3.63, 3.8) is 0 Å². The van der Waals surface area contributed by atoms with Gasteiger partial charge in [0.15, 0.2) is 0 Å². The Morgan fingerprint density at radius 1 is 0.397 bits per heavy atom. The molecule has 0 radical (unpaired) electrons. The summed E-state index contributed by atoms with van der Waals surface area (Å²) in [6.07, 6.45) is -4.63. The molecule has 7 heteroatoms. The van der Waals surface area contributed by atoms with Gasteiger partial charge in [0.2, 0.25) is 0 Å². The minimum absolute atomic E-state index is 0.106. The number of para-hydroxylation sites is 2. The van der Waals surface area contributed by atoms with Gasteiger partial charge < -0.3 is 9.13 Å². The van der Waals surface area contributed by atoms with Gasteiger partial charge in [0.05, 0.1) is 62.3 Å². The van der Waals surface area contributed by atoms with E-state index in [-0.39, 0.29) is 5.56 Å². The van der Waals surface area contributed by atoms with E-state index in [0.717, 1.165) is 89.4 Å². The van der Waals surface area contributed by atoms with E-state index in [1.54, 1.807) is 0 Å². The van der Waals surface area contributed by atoms with Gasteiger partial charge in [-0.15, -0.1) is 0 Å². The van der Waals surface area contributed by atoms with Crippen molar-refractivity contribution in [1.82, 2.24) is 9.13 Å². The Morgan fingerprint density at radius 2 is 0.897 bits per heavy atom. The molecule has 2 heterocycles. The molecule has 0 unspecified atom stereocenters. The fourth-order valence-corrected chi connectivity index (χ4v) is 10.3. The van der Waals surface area contributed by atoms with E-state index < -0.39 is 11.7 Å². The van der Waals surface area contributed by atoms with Gasteiger partial charge in [0.25, 0.3) is 0 Å². The van der Waals surface area contributed by atoms with E-state index in [0.29, 0.717) is 27.8 Å². The largest absolute Gasteiger partial charge is 0.416 e. The Kier molecular flexibility index (Phi) is 9.92. The van der Waals surface area contributed by atoms with Crippen LogP contribution in [0.2, 0.25) is 0 Å². The number of aromatic nitrogens is 2. The Labute approximate surface area is 391 Å². The number of nitrogens with zero attached hydrogens (tertiary/aromatic N) is 4. The van der Waals surface area contributed by atoms with Gasteiger partial charge in [-0.05, 0) is 145 Å². The predicted octanol–water partition coefficient (Wildman–Crippen LogP) is 16.5. The number of hydrogen-bond donors (Lipinski definition) is 0. The number of halogens is 3. The van der Waals surface area contributed by atoms with Crippen LogP contribution in [0.1, 0.15) is 38.9 Å². The zero-order valence-electron chi connectivity index (χ0n) is 37.7. The summed E-state index contributed by atoms with van der Waals surface area (Å²) in [5, 5.41) is 25.6. The number of aryl methyl sites for hydroxylation is 4. The molecular weight excluding hydrogens is 846 g/mol. The van der Waals surface area contributed by atoms with Gasteiger partial charge >= 0.3 is 6.18 Å². The van der Waals surface area contributed by atoms with Crippen molar-refractivity contribution in [2.75, 3.05) is 0 Å². The summed E-state index contributed by atoms with van der Waals surface area (Å²) in [5.74, 6) is 0. The van der Waals surface area contributed by atoms with Crippen LogP contribution >= 0.6 is 0 Å². The van der Waals surface area contributed by atoms with Crippen molar-refractivity contribution < 1.29 is 13.2 Å². The average Bonchev–Trinajstić information content (AvgIpc) is 3.85. The molecule has 326 valence electrons. The Morgan fingerprint density at radius 3 is 1.44 bits per heavy atom. The molecule has 4 nitrogen and oxygen atoms in total. The molecule has 0 aliphatic carbocycles. The van der Waals surface area contributed by atoms with Crippen molar-refractivity contribution in [1.29, 1.82) is 10.5 Å². The first-order chi connectivity index (χ1) is 32.9. The molecule has 0 bridgehead atoms. The summed E-state index contributed by atoms with van der Waals surface area (Å²) >= 11 is 0. The fourth-order valence-electron chi connectivity index (χ4n) is 10.3. The standard InChI is InChI=1S/C61H41F3N4/c1-36-16-22-46(38(3)28-36)40-18-25-56-51(31-40)49-11-5-7-13-54(49)67(56)58-27-20-42(48-24-21-45(61(62,63)64)30-44(48)35-66)33-53(58)60-43(34-65)10-9-15-59(60)68-55-14-8-6-12-50(55)52-32-41(19-26-57(52)68)47-23-17-37(2)29-39(47)4/h5-33H,1-4H3. The Bertz CT molecular complexity index is 3980. The minimum atomic E-state index is -4.63. The topological polar surface area (TPSA) is 57.4 Å². The van der Waals surface area contributed by atoms with Crippen molar-refractivity contribution in [2.24, 2.45) is 0 Å². The zero-order chi connectivity index (χ0) is 47.0. The SMILES string of the molecule is Cc1ccc(-c2ccc3c(c2)c2ccccc2n3-c2ccc(-c3ccc(C(F)(F)F)cc3C#N)cc2-c2c(C#N)cccc2-n2c3ccccc3c3cc(-c4ccc(C)cc4C)ccc32)c(C)c1. The van der Waals surface area contributed by atoms with Crippen LogP contribution in [-0.4, -0.2) is 9.13 Å². The van der Waals surface area contributed by atoms with Gasteiger partial charge in [0, 0.05) is 32.7 Å². The van der Waals surface area contributed by atoms with Gasteiger partial charge in [0.1, 0.15) is 0 Å². The first-order valence-electron chi connectivity index (χ1n) is 22.4. The highest BCUT2D eigenvalue weighted by molar-refractivity contribution is 6.13. The maximum absolute atomic E-state index is 14.0. The fraction of sp³-hybridized carbons (Fsp3) is 0.0820. The molecule has 11 rings (SSSR count). The molecule has 0 amide bonds. The van der Waals surface area contributed by atoms with Crippen LogP contribution in [0.5, 0.6) is 0 Å². The molecule has 2 aromatic heterocycles. The molecule has 0 spiro atoms. The molecule has 0 N–H and O–H groups in total. The normalized spacial score (nSPS) is 11.7. The second-order valence-corrected chi connectivity index (χ2v) is 17.7. The number of fused-ring (bicyclic) bond motifs is 6. The lowest BCUT2D eigenvalue weighted by Crippen LogP contribution is -2.06. The molecule has 0 aliphatic heterocycles. The number of hydrogen-bond acceptors (Lipinski definition) is 2. The quantitative estimate of drug-likeness (QED) is 0.167. The Balaban J connectivity index is 1.22. The van der Waals surface area contributed by atoms with Crippen LogP contribution in [0.4, 0.5) is 13.2 Å². The number of alkyl halides is 3. The van der Waals surface area contributed by atoms with E-state index in [1.807, 2.05) is 66.7 Å². The van der Waals surface area contributed by atoms with Crippen molar-refractivity contribution in [3.8, 4) is 68.0 Å². The van der Waals surface area contributed by atoms with Crippen LogP contribution < -0.4 is 0 Å². The second-order valence-electron chi connectivity index (χ2n) is 17.7.